The molecule has 0 fully saturated rings. The van der Waals surface area contributed by atoms with E-state index in [9.17, 15) is 0 Å². The number of rotatable bonds is 5. The lowest BCUT2D eigenvalue weighted by atomic mass is 10.0. The molecule has 0 saturated carbocycles. The fraction of sp³-hybridized carbons (Fsp3) is 0.471. The van der Waals surface area contributed by atoms with Crippen molar-refractivity contribution in [2.24, 2.45) is 0 Å². The summed E-state index contributed by atoms with van der Waals surface area (Å²) in [5.74, 6) is 0. The molecule has 0 aliphatic heterocycles. The Kier molecular flexibility index (Phi) is 4.16. The molecule has 1 N–H and O–H groups in total. The van der Waals surface area contributed by atoms with E-state index in [1.54, 1.807) is 0 Å². The lowest BCUT2D eigenvalue weighted by molar-refractivity contribution is 0.655. The molecule has 0 unspecified atom stereocenters. The van der Waals surface area contributed by atoms with Crippen molar-refractivity contribution in [3.63, 3.8) is 0 Å². The third-order valence-corrected chi connectivity index (χ3v) is 4.00. The first kappa shape index (κ1) is 13.4. The lowest BCUT2D eigenvalue weighted by Crippen LogP contribution is -2.13. The van der Waals surface area contributed by atoms with Gasteiger partial charge in [0.15, 0.2) is 0 Å². The van der Waals surface area contributed by atoms with Crippen molar-refractivity contribution in [2.75, 3.05) is 6.54 Å². The highest BCUT2D eigenvalue weighted by molar-refractivity contribution is 5.38. The molecule has 0 amide bonds. The van der Waals surface area contributed by atoms with E-state index < -0.39 is 0 Å². The van der Waals surface area contributed by atoms with Crippen molar-refractivity contribution >= 4 is 0 Å². The van der Waals surface area contributed by atoms with Crippen molar-refractivity contribution in [1.82, 2.24) is 14.9 Å². The number of nitrogens with one attached hydrogen (secondary N) is 1. The summed E-state index contributed by atoms with van der Waals surface area (Å²) in [5.41, 5.74) is 5.29. The third-order valence-electron chi connectivity index (χ3n) is 4.00. The second-order valence-electron chi connectivity index (χ2n) is 5.56. The predicted octanol–water partition coefficient (Wildman–Crippen LogP) is 3.25. The normalized spacial score (nSPS) is 14.2. The van der Waals surface area contributed by atoms with Crippen LogP contribution in [0, 0.1) is 0 Å². The van der Waals surface area contributed by atoms with E-state index in [0.29, 0.717) is 0 Å². The Bertz CT molecular complexity index is 554. The second-order valence-corrected chi connectivity index (χ2v) is 5.56. The minimum Gasteiger partial charge on any atom is -0.313 e. The number of fused-ring (bicyclic) bond motifs is 1. The number of aromatic nitrogens is 2. The first-order chi connectivity index (χ1) is 9.88. The third kappa shape index (κ3) is 2.78. The molecular formula is C17H23N3. The van der Waals surface area contributed by atoms with E-state index in [-0.39, 0.29) is 0 Å². The van der Waals surface area contributed by atoms with Crippen molar-refractivity contribution in [2.45, 2.75) is 45.6 Å². The van der Waals surface area contributed by atoms with E-state index in [1.165, 1.54) is 41.9 Å². The van der Waals surface area contributed by atoms with Crippen LogP contribution in [0.4, 0.5) is 0 Å². The van der Waals surface area contributed by atoms with Crippen LogP contribution in [0.2, 0.25) is 0 Å². The average molecular weight is 269 g/mol. The van der Waals surface area contributed by atoms with Crippen molar-refractivity contribution < 1.29 is 0 Å². The fourth-order valence-electron chi connectivity index (χ4n) is 2.88. The first-order valence-corrected chi connectivity index (χ1v) is 7.73. The van der Waals surface area contributed by atoms with E-state index in [0.717, 1.165) is 25.9 Å². The molecule has 1 aliphatic rings. The van der Waals surface area contributed by atoms with Crippen LogP contribution in [0.3, 0.4) is 0 Å². The Labute approximate surface area is 121 Å². The Hall–Kier alpha value is -1.61. The van der Waals surface area contributed by atoms with Gasteiger partial charge in [-0.15, -0.1) is 0 Å². The van der Waals surface area contributed by atoms with E-state index in [2.05, 4.69) is 46.1 Å². The molecule has 1 heterocycles. The summed E-state index contributed by atoms with van der Waals surface area (Å²) in [4.78, 5) is 4.57. The molecule has 0 spiro atoms. The SMILES string of the molecule is CCCNCc1ccc(-n2cnc3c2CCCC3)cc1. The Morgan fingerprint density at radius 1 is 1.15 bits per heavy atom. The Balaban J connectivity index is 1.76. The molecule has 1 aliphatic carbocycles. The van der Waals surface area contributed by atoms with Gasteiger partial charge in [0.25, 0.3) is 0 Å². The predicted molar refractivity (Wildman–Crippen MR) is 82.2 cm³/mol. The van der Waals surface area contributed by atoms with Gasteiger partial charge in [-0.2, -0.15) is 0 Å². The van der Waals surface area contributed by atoms with Gasteiger partial charge in [0.1, 0.15) is 0 Å². The molecule has 0 radical (unpaired) electrons. The monoisotopic (exact) mass is 269 g/mol. The zero-order valence-electron chi connectivity index (χ0n) is 12.2. The van der Waals surface area contributed by atoms with Crippen molar-refractivity contribution in [3.8, 4) is 5.69 Å². The van der Waals surface area contributed by atoms with Gasteiger partial charge in [0.2, 0.25) is 0 Å². The smallest absolute Gasteiger partial charge is 0.0997 e. The number of nitrogens with zero attached hydrogens (tertiary/aromatic N) is 2. The molecule has 0 bridgehead atoms. The van der Waals surface area contributed by atoms with Crippen molar-refractivity contribution in [3.05, 3.63) is 47.5 Å². The standard InChI is InChI=1S/C17H23N3/c1-2-11-18-12-14-7-9-15(10-8-14)20-13-19-16-5-3-4-6-17(16)20/h7-10,13,18H,2-6,11-12H2,1H3. The molecule has 1 aromatic carbocycles. The summed E-state index contributed by atoms with van der Waals surface area (Å²) >= 11 is 0. The summed E-state index contributed by atoms with van der Waals surface area (Å²) in [7, 11) is 0. The van der Waals surface area contributed by atoms with Gasteiger partial charge in [0, 0.05) is 17.9 Å². The highest BCUT2D eigenvalue weighted by atomic mass is 15.1. The molecule has 106 valence electrons. The van der Waals surface area contributed by atoms with Crippen LogP contribution in [0.5, 0.6) is 0 Å². The fourth-order valence-corrected chi connectivity index (χ4v) is 2.88. The molecule has 3 nitrogen and oxygen atoms in total. The highest BCUT2D eigenvalue weighted by Crippen LogP contribution is 2.23. The Morgan fingerprint density at radius 2 is 1.95 bits per heavy atom. The van der Waals surface area contributed by atoms with E-state index >= 15 is 0 Å². The maximum absolute atomic E-state index is 4.57. The van der Waals surface area contributed by atoms with Crippen LogP contribution in [0.25, 0.3) is 5.69 Å². The number of hydrogen-bond acceptors (Lipinski definition) is 2. The molecule has 2 aromatic rings. The second kappa shape index (κ2) is 6.23. The minimum absolute atomic E-state index is 0.955. The van der Waals surface area contributed by atoms with Crippen molar-refractivity contribution in [1.29, 1.82) is 0 Å². The summed E-state index contributed by atoms with van der Waals surface area (Å²) < 4.78 is 2.26. The number of aryl methyl sites for hydroxylation is 1. The maximum atomic E-state index is 4.57. The quantitative estimate of drug-likeness (QED) is 0.844. The molecule has 3 heteroatoms. The lowest BCUT2D eigenvalue weighted by Gasteiger charge is -2.14. The van der Waals surface area contributed by atoms with Gasteiger partial charge < -0.3 is 9.88 Å². The number of hydrogen-bond donors (Lipinski definition) is 1. The summed E-state index contributed by atoms with van der Waals surface area (Å²) in [6.45, 7) is 4.23. The van der Waals surface area contributed by atoms with E-state index in [4.69, 9.17) is 0 Å². The van der Waals surface area contributed by atoms with Crippen LogP contribution >= 0.6 is 0 Å². The largest absolute Gasteiger partial charge is 0.313 e. The zero-order valence-corrected chi connectivity index (χ0v) is 12.2. The zero-order chi connectivity index (χ0) is 13.8. The van der Waals surface area contributed by atoms with Gasteiger partial charge >= 0.3 is 0 Å². The van der Waals surface area contributed by atoms with Gasteiger partial charge in [-0.25, -0.2) is 4.98 Å². The van der Waals surface area contributed by atoms with Crippen LogP contribution in [-0.2, 0) is 19.4 Å². The molecular weight excluding hydrogens is 246 g/mol. The molecule has 0 atom stereocenters. The van der Waals surface area contributed by atoms with Crippen LogP contribution in [0.15, 0.2) is 30.6 Å². The first-order valence-electron chi connectivity index (χ1n) is 7.73. The molecule has 3 rings (SSSR count). The molecule has 20 heavy (non-hydrogen) atoms. The van der Waals surface area contributed by atoms with Gasteiger partial charge in [-0.1, -0.05) is 19.1 Å². The van der Waals surface area contributed by atoms with Crippen LogP contribution in [0.1, 0.15) is 43.1 Å². The minimum atomic E-state index is 0.955. The van der Waals surface area contributed by atoms with Crippen LogP contribution in [-0.4, -0.2) is 16.1 Å². The molecule has 1 aromatic heterocycles. The van der Waals surface area contributed by atoms with Gasteiger partial charge in [-0.3, -0.25) is 0 Å². The number of imidazole rings is 1. The number of benzene rings is 1. The summed E-state index contributed by atoms with van der Waals surface area (Å²) in [5, 5.41) is 3.44. The molecule has 0 saturated heterocycles. The summed E-state index contributed by atoms with van der Waals surface area (Å²) in [6, 6.07) is 8.85. The maximum Gasteiger partial charge on any atom is 0.0997 e. The Morgan fingerprint density at radius 3 is 2.75 bits per heavy atom. The van der Waals surface area contributed by atoms with Gasteiger partial charge in [0.05, 0.1) is 12.0 Å². The van der Waals surface area contributed by atoms with E-state index in [1.807, 2.05) is 6.33 Å². The van der Waals surface area contributed by atoms with Crippen LogP contribution < -0.4 is 5.32 Å². The van der Waals surface area contributed by atoms with Gasteiger partial charge in [-0.05, 0) is 56.3 Å². The topological polar surface area (TPSA) is 29.9 Å². The summed E-state index contributed by atoms with van der Waals surface area (Å²) in [6.07, 6.45) is 8.04. The average Bonchev–Trinajstić information content (AvgIpc) is 2.92. The highest BCUT2D eigenvalue weighted by Gasteiger charge is 2.15.